The lowest BCUT2D eigenvalue weighted by Gasteiger charge is -2.07. The summed E-state index contributed by atoms with van der Waals surface area (Å²) in [7, 11) is -1.97. The van der Waals surface area contributed by atoms with E-state index in [1.807, 2.05) is 0 Å². The number of benzene rings is 1. The van der Waals surface area contributed by atoms with Crippen LogP contribution in [0.5, 0.6) is 0 Å². The number of aromatic nitrogens is 3. The third-order valence-electron chi connectivity index (χ3n) is 2.90. The van der Waals surface area contributed by atoms with Crippen molar-refractivity contribution in [3.63, 3.8) is 0 Å². The van der Waals surface area contributed by atoms with Gasteiger partial charge in [-0.1, -0.05) is 18.2 Å². The molecule has 0 unspecified atom stereocenters. The molecule has 0 aliphatic heterocycles. The van der Waals surface area contributed by atoms with Crippen LogP contribution in [0.4, 0.5) is 5.82 Å². The van der Waals surface area contributed by atoms with Gasteiger partial charge in [0, 0.05) is 19.3 Å². The Morgan fingerprint density at radius 1 is 1.20 bits per heavy atom. The van der Waals surface area contributed by atoms with Crippen LogP contribution >= 0.6 is 0 Å². The molecule has 0 atom stereocenters. The topological polar surface area (TPSA) is 76.9 Å². The second-order valence-corrected chi connectivity index (χ2v) is 5.87. The van der Waals surface area contributed by atoms with Crippen molar-refractivity contribution >= 4 is 26.9 Å². The van der Waals surface area contributed by atoms with Crippen LogP contribution in [0.3, 0.4) is 0 Å². The van der Waals surface area contributed by atoms with Gasteiger partial charge in [-0.25, -0.2) is 22.4 Å². The van der Waals surface area contributed by atoms with E-state index in [0.717, 1.165) is 3.97 Å². The number of hydrogen-bond donors (Lipinski definition) is 1. The van der Waals surface area contributed by atoms with Gasteiger partial charge >= 0.3 is 0 Å². The van der Waals surface area contributed by atoms with Crippen LogP contribution in [0.15, 0.2) is 47.8 Å². The molecule has 0 aliphatic carbocycles. The van der Waals surface area contributed by atoms with Crippen LogP contribution in [-0.4, -0.2) is 29.4 Å². The number of fused-ring (bicyclic) bond motifs is 1. The summed E-state index contributed by atoms with van der Waals surface area (Å²) < 4.78 is 26.3. The van der Waals surface area contributed by atoms with Crippen molar-refractivity contribution in [2.24, 2.45) is 0 Å². The number of nitrogens with zero attached hydrogens (tertiary/aromatic N) is 3. The van der Waals surface area contributed by atoms with E-state index in [1.54, 1.807) is 37.4 Å². The Morgan fingerprint density at radius 3 is 2.65 bits per heavy atom. The molecular weight excluding hydrogens is 276 g/mol. The largest absolute Gasteiger partial charge is 0.372 e. The maximum absolute atomic E-state index is 12.6. The molecule has 0 fully saturated rings. The molecule has 0 amide bonds. The average molecular weight is 287 g/mol. The predicted molar refractivity (Wildman–Crippen MR) is 74.9 cm³/mol. The molecule has 2 aromatic heterocycles. The van der Waals surface area contributed by atoms with Gasteiger partial charge in [0.2, 0.25) is 0 Å². The highest BCUT2D eigenvalue weighted by atomic mass is 32.2. The van der Waals surface area contributed by atoms with Gasteiger partial charge in [-0.3, -0.25) is 0 Å². The Morgan fingerprint density at radius 2 is 1.95 bits per heavy atom. The average Bonchev–Trinajstić information content (AvgIpc) is 2.92. The molecule has 0 saturated carbocycles. The Bertz CT molecular complexity index is 856. The molecule has 2 heterocycles. The lowest BCUT2D eigenvalue weighted by atomic mass is 10.4. The van der Waals surface area contributed by atoms with E-state index >= 15 is 0 Å². The summed E-state index contributed by atoms with van der Waals surface area (Å²) in [4.78, 5) is 8.28. The van der Waals surface area contributed by atoms with Crippen molar-refractivity contribution in [2.45, 2.75) is 4.90 Å². The van der Waals surface area contributed by atoms with Gasteiger partial charge in [0.25, 0.3) is 10.0 Å². The van der Waals surface area contributed by atoms with Gasteiger partial charge < -0.3 is 5.32 Å². The zero-order valence-corrected chi connectivity index (χ0v) is 11.4. The number of anilines is 1. The SMILES string of the molecule is CNc1ncnc2c1[c]cn2S(=O)(=O)c1ccccc1. The van der Waals surface area contributed by atoms with Gasteiger partial charge in [0.15, 0.2) is 5.65 Å². The van der Waals surface area contributed by atoms with Crippen LogP contribution in [0, 0.1) is 6.07 Å². The molecule has 101 valence electrons. The first-order chi connectivity index (χ1) is 9.64. The van der Waals surface area contributed by atoms with E-state index in [9.17, 15) is 8.42 Å². The van der Waals surface area contributed by atoms with Crippen molar-refractivity contribution in [3.8, 4) is 0 Å². The second-order valence-electron chi connectivity index (χ2n) is 4.06. The minimum Gasteiger partial charge on any atom is -0.372 e. The predicted octanol–water partition coefficient (Wildman–Crippen LogP) is 1.51. The Balaban J connectivity index is 2.26. The molecule has 6 nitrogen and oxygen atoms in total. The van der Waals surface area contributed by atoms with E-state index in [2.05, 4.69) is 21.4 Å². The highest BCUT2D eigenvalue weighted by Crippen LogP contribution is 2.23. The highest BCUT2D eigenvalue weighted by molar-refractivity contribution is 7.90. The first kappa shape index (κ1) is 12.6. The zero-order valence-electron chi connectivity index (χ0n) is 10.6. The van der Waals surface area contributed by atoms with Crippen LogP contribution in [0.25, 0.3) is 11.0 Å². The number of nitrogens with one attached hydrogen (secondary N) is 1. The van der Waals surface area contributed by atoms with Gasteiger partial charge in [0.1, 0.15) is 12.1 Å². The van der Waals surface area contributed by atoms with E-state index in [-0.39, 0.29) is 4.90 Å². The summed E-state index contributed by atoms with van der Waals surface area (Å²) >= 11 is 0. The Labute approximate surface area is 116 Å². The summed E-state index contributed by atoms with van der Waals surface area (Å²) in [6.07, 6.45) is 2.68. The van der Waals surface area contributed by atoms with Gasteiger partial charge in [-0.15, -0.1) is 0 Å². The third kappa shape index (κ3) is 1.83. The minimum absolute atomic E-state index is 0.204. The first-order valence-corrected chi connectivity index (χ1v) is 7.30. The molecule has 20 heavy (non-hydrogen) atoms. The minimum atomic E-state index is -3.68. The molecule has 0 spiro atoms. The summed E-state index contributed by atoms with van der Waals surface area (Å²) in [6.45, 7) is 0. The van der Waals surface area contributed by atoms with E-state index in [1.165, 1.54) is 12.5 Å². The molecule has 0 aliphatic rings. The van der Waals surface area contributed by atoms with Crippen molar-refractivity contribution in [2.75, 3.05) is 12.4 Å². The van der Waals surface area contributed by atoms with E-state index in [0.29, 0.717) is 16.9 Å². The molecule has 0 bridgehead atoms. The molecule has 3 rings (SSSR count). The lowest BCUT2D eigenvalue weighted by molar-refractivity contribution is 0.588. The highest BCUT2D eigenvalue weighted by Gasteiger charge is 2.20. The fourth-order valence-electron chi connectivity index (χ4n) is 1.94. The summed E-state index contributed by atoms with van der Waals surface area (Å²) in [5.41, 5.74) is 0.299. The molecule has 1 N–H and O–H groups in total. The monoisotopic (exact) mass is 287 g/mol. The smallest absolute Gasteiger partial charge is 0.269 e. The standard InChI is InChI=1S/C13H11N4O2S/c1-14-12-11-7-8-17(13(11)16-9-15-12)20(18,19)10-5-3-2-4-6-10/h2-6,8-9H,1H3,(H,14,15,16). The first-order valence-electron chi connectivity index (χ1n) is 5.86. The Kier molecular flexibility index (Phi) is 2.90. The van der Waals surface area contributed by atoms with Crippen molar-refractivity contribution in [1.82, 2.24) is 13.9 Å². The van der Waals surface area contributed by atoms with Crippen LogP contribution < -0.4 is 5.32 Å². The van der Waals surface area contributed by atoms with E-state index in [4.69, 9.17) is 0 Å². The van der Waals surface area contributed by atoms with Gasteiger partial charge in [-0.2, -0.15) is 0 Å². The van der Waals surface area contributed by atoms with Crippen molar-refractivity contribution in [3.05, 3.63) is 48.9 Å². The van der Waals surface area contributed by atoms with Crippen molar-refractivity contribution in [1.29, 1.82) is 0 Å². The maximum atomic E-state index is 12.6. The van der Waals surface area contributed by atoms with Crippen LogP contribution in [-0.2, 0) is 10.0 Å². The summed E-state index contributed by atoms with van der Waals surface area (Å²) in [6, 6.07) is 11.1. The lowest BCUT2D eigenvalue weighted by Crippen LogP contribution is -2.12. The maximum Gasteiger partial charge on any atom is 0.269 e. The third-order valence-corrected chi connectivity index (χ3v) is 4.56. The van der Waals surface area contributed by atoms with Crippen LogP contribution in [0.2, 0.25) is 0 Å². The quantitative estimate of drug-likeness (QED) is 0.790. The normalized spacial score (nSPS) is 11.7. The molecule has 7 heteroatoms. The van der Waals surface area contributed by atoms with Crippen LogP contribution in [0.1, 0.15) is 0 Å². The second kappa shape index (κ2) is 4.61. The molecular formula is C13H11N4O2S. The molecule has 1 aromatic carbocycles. The molecule has 1 radical (unpaired) electrons. The van der Waals surface area contributed by atoms with E-state index < -0.39 is 10.0 Å². The Hall–Kier alpha value is -2.41. The summed E-state index contributed by atoms with van der Waals surface area (Å²) in [5.74, 6) is 0.539. The van der Waals surface area contributed by atoms with Crippen molar-refractivity contribution < 1.29 is 8.42 Å². The number of hydrogen-bond acceptors (Lipinski definition) is 5. The number of rotatable bonds is 3. The fraction of sp³-hybridized carbons (Fsp3) is 0.0769. The molecule has 3 aromatic rings. The molecule has 0 saturated heterocycles. The van der Waals surface area contributed by atoms with Gasteiger partial charge in [0.05, 0.1) is 10.3 Å². The fourth-order valence-corrected chi connectivity index (χ4v) is 3.23. The zero-order chi connectivity index (χ0) is 14.2. The van der Waals surface area contributed by atoms with Gasteiger partial charge in [-0.05, 0) is 12.1 Å². The summed E-state index contributed by atoms with van der Waals surface area (Å²) in [5, 5.41) is 3.42.